The highest BCUT2D eigenvalue weighted by atomic mass is 16.1. The van der Waals surface area contributed by atoms with Crippen LogP contribution in [-0.2, 0) is 10.2 Å². The molecule has 0 saturated heterocycles. The van der Waals surface area contributed by atoms with Gasteiger partial charge in [0.25, 0.3) is 0 Å². The number of carbonyl (C=O) groups excluding carboxylic acids is 2. The zero-order chi connectivity index (χ0) is 18.4. The Labute approximate surface area is 148 Å². The first-order valence-electron chi connectivity index (χ1n) is 8.32. The summed E-state index contributed by atoms with van der Waals surface area (Å²) in [6.45, 7) is 7.82. The van der Waals surface area contributed by atoms with Gasteiger partial charge in [-0.25, -0.2) is 4.98 Å². The van der Waals surface area contributed by atoms with E-state index in [2.05, 4.69) is 34.4 Å². The van der Waals surface area contributed by atoms with Gasteiger partial charge in [0, 0.05) is 29.1 Å². The molecule has 1 aromatic heterocycles. The molecule has 1 heterocycles. The Morgan fingerprint density at radius 3 is 2.44 bits per heavy atom. The maximum absolute atomic E-state index is 11.4. The number of benzene rings is 1. The Morgan fingerprint density at radius 1 is 1.20 bits per heavy atom. The lowest BCUT2D eigenvalue weighted by molar-refractivity contribution is -0.111. The minimum absolute atomic E-state index is 0.218. The van der Waals surface area contributed by atoms with Crippen molar-refractivity contribution in [1.29, 1.82) is 0 Å². The molecule has 2 aromatic rings. The maximum atomic E-state index is 11.4. The lowest BCUT2D eigenvalue weighted by Crippen LogP contribution is -2.25. The number of aromatic nitrogens is 2. The fourth-order valence-electron chi connectivity index (χ4n) is 2.20. The van der Waals surface area contributed by atoms with Crippen LogP contribution in [0.5, 0.6) is 0 Å². The molecular weight excluding hydrogens is 316 g/mol. The van der Waals surface area contributed by atoms with E-state index in [-0.39, 0.29) is 6.04 Å². The first-order valence-corrected chi connectivity index (χ1v) is 8.32. The minimum atomic E-state index is -0.681. The van der Waals surface area contributed by atoms with Crippen LogP contribution >= 0.6 is 0 Å². The molecule has 6 heteroatoms. The summed E-state index contributed by atoms with van der Waals surface area (Å²) in [6.07, 6.45) is 4.30. The van der Waals surface area contributed by atoms with Gasteiger partial charge in [-0.3, -0.25) is 4.79 Å². The van der Waals surface area contributed by atoms with Gasteiger partial charge in [-0.2, -0.15) is 4.98 Å². The fraction of sp³-hybridized carbons (Fsp3) is 0.368. The van der Waals surface area contributed by atoms with E-state index in [0.717, 1.165) is 30.2 Å². The molecule has 0 aliphatic rings. The van der Waals surface area contributed by atoms with Gasteiger partial charge < -0.3 is 15.4 Å². The van der Waals surface area contributed by atoms with Crippen LogP contribution in [0.3, 0.4) is 0 Å². The van der Waals surface area contributed by atoms with Gasteiger partial charge in [0.05, 0.1) is 5.41 Å². The molecule has 6 nitrogen and oxygen atoms in total. The first kappa shape index (κ1) is 18.6. The van der Waals surface area contributed by atoms with Crippen molar-refractivity contribution in [3.05, 3.63) is 41.6 Å². The number of hydrogen-bond acceptors (Lipinski definition) is 6. The van der Waals surface area contributed by atoms with Crippen LogP contribution in [-0.4, -0.2) is 28.6 Å². The van der Waals surface area contributed by atoms with E-state index in [9.17, 15) is 9.59 Å². The summed E-state index contributed by atoms with van der Waals surface area (Å²) in [6, 6.07) is 7.24. The lowest BCUT2D eigenvalue weighted by Gasteiger charge is -2.23. The van der Waals surface area contributed by atoms with Gasteiger partial charge in [-0.15, -0.1) is 0 Å². The van der Waals surface area contributed by atoms with Crippen molar-refractivity contribution in [2.75, 3.05) is 10.6 Å². The lowest BCUT2D eigenvalue weighted by atomic mass is 9.87. The quantitative estimate of drug-likeness (QED) is 0.713. The molecule has 1 atom stereocenters. The zero-order valence-corrected chi connectivity index (χ0v) is 15.0. The summed E-state index contributed by atoms with van der Waals surface area (Å²) in [5.74, 6) is 1.07. The summed E-state index contributed by atoms with van der Waals surface area (Å²) < 4.78 is 0. The van der Waals surface area contributed by atoms with Crippen LogP contribution < -0.4 is 10.6 Å². The van der Waals surface area contributed by atoms with Crippen molar-refractivity contribution >= 4 is 30.0 Å². The van der Waals surface area contributed by atoms with E-state index in [0.29, 0.717) is 17.3 Å². The van der Waals surface area contributed by atoms with Crippen molar-refractivity contribution in [3.63, 3.8) is 0 Å². The average molecular weight is 340 g/mol. The van der Waals surface area contributed by atoms with Crippen molar-refractivity contribution in [2.45, 2.75) is 45.6 Å². The number of anilines is 3. The monoisotopic (exact) mass is 340 g/mol. The van der Waals surface area contributed by atoms with Crippen LogP contribution in [0.4, 0.5) is 17.5 Å². The van der Waals surface area contributed by atoms with Crippen LogP contribution in [0.1, 0.15) is 50.0 Å². The highest BCUT2D eigenvalue weighted by molar-refractivity contribution is 5.76. The first-order chi connectivity index (χ1) is 11.9. The summed E-state index contributed by atoms with van der Waals surface area (Å²) in [5.41, 5.74) is 1.46. The van der Waals surface area contributed by atoms with Crippen LogP contribution in [0.15, 0.2) is 30.5 Å². The molecule has 1 aromatic carbocycles. The second-order valence-electron chi connectivity index (χ2n) is 6.61. The van der Waals surface area contributed by atoms with Gasteiger partial charge in [0.15, 0.2) is 0 Å². The molecule has 0 bridgehead atoms. The number of carbonyl (C=O) groups is 2. The van der Waals surface area contributed by atoms with Gasteiger partial charge in [0.1, 0.15) is 18.4 Å². The highest BCUT2D eigenvalue weighted by Gasteiger charge is 2.25. The molecule has 2 rings (SSSR count). The second kappa shape index (κ2) is 7.88. The molecule has 2 N–H and O–H groups in total. The van der Waals surface area contributed by atoms with Gasteiger partial charge in [-0.1, -0.05) is 6.92 Å². The third kappa shape index (κ3) is 4.62. The third-order valence-electron chi connectivity index (χ3n) is 4.08. The molecule has 0 amide bonds. The minimum Gasteiger partial charge on any atom is -0.367 e. The van der Waals surface area contributed by atoms with Crippen molar-refractivity contribution < 1.29 is 9.59 Å². The van der Waals surface area contributed by atoms with E-state index in [1.807, 2.05) is 13.8 Å². The van der Waals surface area contributed by atoms with E-state index in [1.54, 1.807) is 30.5 Å². The Morgan fingerprint density at radius 2 is 1.88 bits per heavy atom. The molecule has 0 spiro atoms. The van der Waals surface area contributed by atoms with Gasteiger partial charge in [0.2, 0.25) is 5.95 Å². The predicted molar refractivity (Wildman–Crippen MR) is 99.6 cm³/mol. The number of hydrogen-bond donors (Lipinski definition) is 2. The molecule has 25 heavy (non-hydrogen) atoms. The Kier molecular flexibility index (Phi) is 5.85. The van der Waals surface area contributed by atoms with Crippen molar-refractivity contribution in [1.82, 2.24) is 9.97 Å². The summed E-state index contributed by atoms with van der Waals surface area (Å²) in [7, 11) is 0. The van der Waals surface area contributed by atoms with Gasteiger partial charge >= 0.3 is 0 Å². The molecule has 0 radical (unpaired) electrons. The molecule has 0 fully saturated rings. The highest BCUT2D eigenvalue weighted by Crippen LogP contribution is 2.28. The van der Waals surface area contributed by atoms with Crippen molar-refractivity contribution in [3.8, 4) is 0 Å². The molecule has 0 saturated carbocycles. The SMILES string of the molecule is CC[C@H](C)Nc1nc(Nc2ccc(C=O)cc2)ncc1C(C)(C)C=O. The normalized spacial score (nSPS) is 12.3. The fourth-order valence-corrected chi connectivity index (χ4v) is 2.20. The molecular formula is C19H24N4O2. The van der Waals surface area contributed by atoms with E-state index >= 15 is 0 Å². The Hall–Kier alpha value is -2.76. The smallest absolute Gasteiger partial charge is 0.229 e. The largest absolute Gasteiger partial charge is 0.367 e. The summed E-state index contributed by atoms with van der Waals surface area (Å²) in [5, 5.41) is 6.47. The van der Waals surface area contributed by atoms with Crippen LogP contribution in [0.25, 0.3) is 0 Å². The number of rotatable bonds is 8. The molecule has 0 aliphatic carbocycles. The third-order valence-corrected chi connectivity index (χ3v) is 4.08. The zero-order valence-electron chi connectivity index (χ0n) is 15.0. The average Bonchev–Trinajstić information content (AvgIpc) is 2.62. The van der Waals surface area contributed by atoms with Gasteiger partial charge in [-0.05, 0) is 51.5 Å². The van der Waals surface area contributed by atoms with E-state index in [4.69, 9.17) is 0 Å². The molecule has 132 valence electrons. The van der Waals surface area contributed by atoms with E-state index < -0.39 is 5.41 Å². The Balaban J connectivity index is 2.34. The predicted octanol–water partition coefficient (Wildman–Crippen LogP) is 3.72. The van der Waals surface area contributed by atoms with Crippen LogP contribution in [0.2, 0.25) is 0 Å². The van der Waals surface area contributed by atoms with Crippen LogP contribution in [0, 0.1) is 0 Å². The molecule has 0 unspecified atom stereocenters. The molecule has 0 aliphatic heterocycles. The van der Waals surface area contributed by atoms with E-state index in [1.165, 1.54) is 0 Å². The summed E-state index contributed by atoms with van der Waals surface area (Å²) >= 11 is 0. The summed E-state index contributed by atoms with van der Waals surface area (Å²) in [4.78, 5) is 31.1. The standard InChI is InChI=1S/C19H24N4O2/c1-5-13(2)21-17-16(19(3,4)12-25)10-20-18(23-17)22-15-8-6-14(11-24)7-9-15/h6-13H,5H2,1-4H3,(H2,20,21,22,23)/t13-/m0/s1. The number of nitrogens with one attached hydrogen (secondary N) is 2. The number of nitrogens with zero attached hydrogens (tertiary/aromatic N) is 2. The topological polar surface area (TPSA) is 84.0 Å². The van der Waals surface area contributed by atoms with Crippen molar-refractivity contribution in [2.24, 2.45) is 0 Å². The second-order valence-corrected chi connectivity index (χ2v) is 6.61. The Bertz CT molecular complexity index is 742. The maximum Gasteiger partial charge on any atom is 0.229 e. The number of aldehydes is 2.